The van der Waals surface area contributed by atoms with Gasteiger partial charge < -0.3 is 14.2 Å². The van der Waals surface area contributed by atoms with Crippen molar-refractivity contribution in [3.63, 3.8) is 0 Å². The molecule has 0 saturated carbocycles. The summed E-state index contributed by atoms with van der Waals surface area (Å²) in [6, 6.07) is 0. The molecule has 0 aliphatic heterocycles. The third-order valence-corrected chi connectivity index (χ3v) is 11.8. The summed E-state index contributed by atoms with van der Waals surface area (Å²) in [6.07, 6.45) is 70.2. The Morgan fingerprint density at radius 2 is 0.606 bits per heavy atom. The first-order valence-electron chi connectivity index (χ1n) is 27.7. The second-order valence-corrected chi connectivity index (χ2v) is 18.3. The molecule has 0 rings (SSSR count). The van der Waals surface area contributed by atoms with Crippen molar-refractivity contribution in [3.05, 3.63) is 85.1 Å². The van der Waals surface area contributed by atoms with E-state index in [-0.39, 0.29) is 44.0 Å². The van der Waals surface area contributed by atoms with Crippen LogP contribution in [-0.4, -0.2) is 37.2 Å². The van der Waals surface area contributed by atoms with E-state index in [9.17, 15) is 14.4 Å². The first kappa shape index (κ1) is 62.6. The van der Waals surface area contributed by atoms with Gasteiger partial charge in [-0.3, -0.25) is 14.4 Å². The monoisotopic (exact) mass is 919 g/mol. The normalized spacial score (nSPS) is 12.7. The van der Waals surface area contributed by atoms with Crippen LogP contribution < -0.4 is 0 Å². The Kier molecular flexibility index (Phi) is 51.4. The molecule has 0 saturated heterocycles. The fraction of sp³-hybridized carbons (Fsp3) is 0.717. The van der Waals surface area contributed by atoms with Gasteiger partial charge in [0.1, 0.15) is 13.2 Å². The molecule has 0 radical (unpaired) electrons. The molecule has 1 atom stereocenters. The lowest BCUT2D eigenvalue weighted by Gasteiger charge is -2.18. The number of carbonyl (C=O) groups excluding carboxylic acids is 3. The van der Waals surface area contributed by atoms with E-state index >= 15 is 0 Å². The number of unbranched alkanes of at least 4 members (excludes halogenated alkanes) is 29. The topological polar surface area (TPSA) is 78.9 Å². The average Bonchev–Trinajstić information content (AvgIpc) is 3.31. The molecule has 66 heavy (non-hydrogen) atoms. The highest BCUT2D eigenvalue weighted by Crippen LogP contribution is 2.16. The highest BCUT2D eigenvalue weighted by atomic mass is 16.6. The molecule has 0 amide bonds. The third kappa shape index (κ3) is 51.6. The highest BCUT2D eigenvalue weighted by Gasteiger charge is 2.19. The van der Waals surface area contributed by atoms with Gasteiger partial charge in [-0.15, -0.1) is 0 Å². The van der Waals surface area contributed by atoms with Crippen molar-refractivity contribution < 1.29 is 28.6 Å². The minimum absolute atomic E-state index is 0.108. The van der Waals surface area contributed by atoms with Gasteiger partial charge in [-0.05, 0) is 57.8 Å². The zero-order valence-electron chi connectivity index (χ0n) is 43.2. The van der Waals surface area contributed by atoms with Crippen molar-refractivity contribution in [1.82, 2.24) is 0 Å². The Labute approximate surface area is 407 Å². The molecule has 378 valence electrons. The zero-order valence-corrected chi connectivity index (χ0v) is 43.2. The lowest BCUT2D eigenvalue weighted by Crippen LogP contribution is -2.30. The predicted octanol–water partition coefficient (Wildman–Crippen LogP) is 18.4. The summed E-state index contributed by atoms with van der Waals surface area (Å²) in [5.74, 6) is -1.01. The number of carbonyl (C=O) groups is 3. The van der Waals surface area contributed by atoms with Crippen LogP contribution in [0.2, 0.25) is 0 Å². The number of hydrogen-bond acceptors (Lipinski definition) is 6. The predicted molar refractivity (Wildman–Crippen MR) is 284 cm³/mol. The van der Waals surface area contributed by atoms with Gasteiger partial charge in [-0.25, -0.2) is 0 Å². The molecular formula is C60H102O6. The molecule has 0 bridgehead atoms. The molecule has 0 fully saturated rings. The van der Waals surface area contributed by atoms with E-state index in [0.717, 1.165) is 64.2 Å². The van der Waals surface area contributed by atoms with Gasteiger partial charge in [-0.2, -0.15) is 0 Å². The second kappa shape index (κ2) is 54.2. The molecular weight excluding hydrogens is 817 g/mol. The van der Waals surface area contributed by atoms with Crippen LogP contribution in [0.25, 0.3) is 0 Å². The first-order chi connectivity index (χ1) is 32.5. The number of rotatable bonds is 49. The maximum atomic E-state index is 12.8. The van der Waals surface area contributed by atoms with E-state index in [1.807, 2.05) is 54.7 Å². The van der Waals surface area contributed by atoms with Crippen LogP contribution >= 0.6 is 0 Å². The summed E-state index contributed by atoms with van der Waals surface area (Å²) in [6.45, 7) is 6.42. The van der Waals surface area contributed by atoms with Gasteiger partial charge in [0.2, 0.25) is 0 Å². The van der Waals surface area contributed by atoms with Gasteiger partial charge in [0.15, 0.2) is 6.10 Å². The number of ether oxygens (including phenoxy) is 3. The van der Waals surface area contributed by atoms with Crippen molar-refractivity contribution in [2.75, 3.05) is 13.2 Å². The highest BCUT2D eigenvalue weighted by molar-refractivity contribution is 5.71. The van der Waals surface area contributed by atoms with E-state index in [2.05, 4.69) is 51.2 Å². The fourth-order valence-corrected chi connectivity index (χ4v) is 7.64. The largest absolute Gasteiger partial charge is 0.462 e. The molecule has 6 heteroatoms. The van der Waals surface area contributed by atoms with Gasteiger partial charge in [-0.1, -0.05) is 266 Å². The fourth-order valence-electron chi connectivity index (χ4n) is 7.64. The van der Waals surface area contributed by atoms with E-state index in [1.54, 1.807) is 0 Å². The van der Waals surface area contributed by atoms with E-state index in [1.165, 1.54) is 148 Å². The summed E-state index contributed by atoms with van der Waals surface area (Å²) in [5.41, 5.74) is 0. The SMILES string of the molecule is CC\C=C/C=C\C=C/C=C\C=C/CCCC(=O)OCC(COC(=O)CCCCCCCCCCCCCCCCCCCCC)OC(=O)CCCCC/C=C\C=C/CCCCCCCCC. The maximum Gasteiger partial charge on any atom is 0.306 e. The summed E-state index contributed by atoms with van der Waals surface area (Å²) in [4.78, 5) is 38.0. The molecule has 0 aromatic rings. The lowest BCUT2D eigenvalue weighted by atomic mass is 10.0. The number of esters is 3. The summed E-state index contributed by atoms with van der Waals surface area (Å²) < 4.78 is 16.7. The summed E-state index contributed by atoms with van der Waals surface area (Å²) in [5, 5.41) is 0. The van der Waals surface area contributed by atoms with Crippen LogP contribution in [0.1, 0.15) is 258 Å². The van der Waals surface area contributed by atoms with Crippen LogP contribution in [0.15, 0.2) is 85.1 Å². The minimum Gasteiger partial charge on any atom is -0.462 e. The molecule has 0 N–H and O–H groups in total. The van der Waals surface area contributed by atoms with Gasteiger partial charge in [0.05, 0.1) is 0 Å². The molecule has 6 nitrogen and oxygen atoms in total. The molecule has 1 unspecified atom stereocenters. The maximum absolute atomic E-state index is 12.8. The van der Waals surface area contributed by atoms with E-state index < -0.39 is 6.10 Å². The third-order valence-electron chi connectivity index (χ3n) is 11.8. The minimum atomic E-state index is -0.818. The van der Waals surface area contributed by atoms with Crippen LogP contribution in [0.3, 0.4) is 0 Å². The quantitative estimate of drug-likeness (QED) is 0.0262. The van der Waals surface area contributed by atoms with Crippen LogP contribution in [0.5, 0.6) is 0 Å². The lowest BCUT2D eigenvalue weighted by molar-refractivity contribution is -0.167. The second-order valence-electron chi connectivity index (χ2n) is 18.3. The first-order valence-corrected chi connectivity index (χ1v) is 27.7. The number of allylic oxidation sites excluding steroid dienone is 14. The molecule has 0 aliphatic rings. The van der Waals surface area contributed by atoms with Crippen molar-refractivity contribution in [2.24, 2.45) is 0 Å². The Hall–Kier alpha value is -3.41. The summed E-state index contributed by atoms with van der Waals surface area (Å²) in [7, 11) is 0. The molecule has 0 spiro atoms. The number of hydrogen-bond donors (Lipinski definition) is 0. The van der Waals surface area contributed by atoms with Gasteiger partial charge in [0, 0.05) is 19.3 Å². The molecule has 0 aromatic carbocycles. The van der Waals surface area contributed by atoms with Crippen LogP contribution in [-0.2, 0) is 28.6 Å². The standard InChI is InChI=1S/C60H102O6/c1-4-7-10-13-16-19-22-25-27-29-30-31-33-35-38-41-44-47-50-53-59(62)65-56-57(55-64-58(61)52-49-46-43-40-37-34-24-21-18-15-12-9-6-3)66-60(63)54-51-48-45-42-39-36-32-28-26-23-20-17-14-11-8-5-2/h9,12,15,18,21,24,28,32,34,36-37,39-40,43,57H,4-8,10-11,13-14,16-17,19-20,22-23,25-27,29-31,33,35,38,41-42,44-56H2,1-3H3/b12-9-,18-15-,24-21-,32-28-,37-34-,39-36-,43-40-. The van der Waals surface area contributed by atoms with Gasteiger partial charge >= 0.3 is 17.9 Å². The Morgan fingerprint density at radius 3 is 1.02 bits per heavy atom. The molecule has 0 heterocycles. The Morgan fingerprint density at radius 1 is 0.318 bits per heavy atom. The van der Waals surface area contributed by atoms with Crippen molar-refractivity contribution in [3.8, 4) is 0 Å². The summed E-state index contributed by atoms with van der Waals surface area (Å²) >= 11 is 0. The molecule has 0 aromatic heterocycles. The van der Waals surface area contributed by atoms with Crippen molar-refractivity contribution in [2.45, 2.75) is 264 Å². The molecule has 0 aliphatic carbocycles. The van der Waals surface area contributed by atoms with E-state index in [0.29, 0.717) is 12.8 Å². The van der Waals surface area contributed by atoms with Crippen LogP contribution in [0, 0.1) is 0 Å². The van der Waals surface area contributed by atoms with Gasteiger partial charge in [0.25, 0.3) is 0 Å². The van der Waals surface area contributed by atoms with Crippen molar-refractivity contribution >= 4 is 17.9 Å². The van der Waals surface area contributed by atoms with Crippen molar-refractivity contribution in [1.29, 1.82) is 0 Å². The van der Waals surface area contributed by atoms with E-state index in [4.69, 9.17) is 14.2 Å². The smallest absolute Gasteiger partial charge is 0.306 e. The Bertz CT molecular complexity index is 1290. The zero-order chi connectivity index (χ0) is 47.9. The Balaban J connectivity index is 4.45. The van der Waals surface area contributed by atoms with Crippen LogP contribution in [0.4, 0.5) is 0 Å². The average molecular weight is 919 g/mol.